The Labute approximate surface area is 121 Å². The number of piperidine rings is 4. The van der Waals surface area contributed by atoms with E-state index in [2.05, 4.69) is 4.90 Å². The molecule has 20 heavy (non-hydrogen) atoms. The summed E-state index contributed by atoms with van der Waals surface area (Å²) in [6, 6.07) is 1.12. The molecular weight excluding hydrogens is 252 g/mol. The summed E-state index contributed by atoms with van der Waals surface area (Å²) >= 11 is 0. The summed E-state index contributed by atoms with van der Waals surface area (Å²) in [5.74, 6) is 1.69. The van der Waals surface area contributed by atoms with Gasteiger partial charge >= 0.3 is 0 Å². The molecule has 0 saturated carbocycles. The molecule has 4 heteroatoms. The number of amides is 1. The van der Waals surface area contributed by atoms with Crippen LogP contribution in [0.4, 0.5) is 0 Å². The summed E-state index contributed by atoms with van der Waals surface area (Å²) in [6.07, 6.45) is 8.03. The molecule has 5 atom stereocenters. The molecule has 0 aromatic carbocycles. The van der Waals surface area contributed by atoms with Crippen molar-refractivity contribution < 1.29 is 14.4 Å². The lowest BCUT2D eigenvalue weighted by atomic mass is 9.67. The summed E-state index contributed by atoms with van der Waals surface area (Å²) in [7, 11) is 0. The maximum absolute atomic E-state index is 12.3. The average Bonchev–Trinajstić information content (AvgIpc) is 2.49. The molecule has 4 heterocycles. The third-order valence-electron chi connectivity index (χ3n) is 6.69. The second-order valence-corrected chi connectivity index (χ2v) is 7.51. The first-order valence-electron chi connectivity index (χ1n) is 8.51. The molecule has 4 aliphatic rings. The number of rotatable bonds is 1. The topological polar surface area (TPSA) is 40.5 Å². The number of hydrogen-bond acceptors (Lipinski definition) is 2. The third kappa shape index (κ3) is 1.70. The van der Waals surface area contributed by atoms with Gasteiger partial charge in [0.1, 0.15) is 6.04 Å². The van der Waals surface area contributed by atoms with Crippen molar-refractivity contribution in [3.8, 4) is 0 Å². The lowest BCUT2D eigenvalue weighted by molar-refractivity contribution is -0.984. The highest BCUT2D eigenvalue weighted by molar-refractivity contribution is 5.77. The van der Waals surface area contributed by atoms with Gasteiger partial charge in [-0.15, -0.1) is 0 Å². The van der Waals surface area contributed by atoms with Crippen molar-refractivity contribution in [3.05, 3.63) is 0 Å². The number of nitrogens with zero attached hydrogens (tertiary/aromatic N) is 2. The van der Waals surface area contributed by atoms with Gasteiger partial charge in [0.05, 0.1) is 13.1 Å². The Kier molecular flexibility index (Phi) is 3.08. The first-order chi connectivity index (χ1) is 9.75. The molecule has 4 aliphatic heterocycles. The van der Waals surface area contributed by atoms with E-state index in [0.29, 0.717) is 36.6 Å². The van der Waals surface area contributed by atoms with Gasteiger partial charge in [-0.25, -0.2) is 0 Å². The number of carbonyl (C=O) groups is 1. The fraction of sp³-hybridized carbons (Fsp3) is 0.938. The zero-order valence-corrected chi connectivity index (χ0v) is 12.3. The Bertz CT molecular complexity index is 409. The van der Waals surface area contributed by atoms with E-state index in [-0.39, 0.29) is 0 Å². The molecule has 1 amide bonds. The molecule has 0 aromatic heterocycles. The van der Waals surface area contributed by atoms with Gasteiger partial charge in [0.25, 0.3) is 0 Å². The van der Waals surface area contributed by atoms with E-state index < -0.39 is 0 Å². The van der Waals surface area contributed by atoms with Gasteiger partial charge in [-0.05, 0) is 38.5 Å². The van der Waals surface area contributed by atoms with Gasteiger partial charge in [0.2, 0.25) is 5.91 Å². The zero-order chi connectivity index (χ0) is 13.7. The largest absolute Gasteiger partial charge is 0.347 e. The quantitative estimate of drug-likeness (QED) is 0.736. The van der Waals surface area contributed by atoms with Crippen LogP contribution in [0.2, 0.25) is 0 Å². The molecule has 1 unspecified atom stereocenters. The van der Waals surface area contributed by atoms with Crippen LogP contribution >= 0.6 is 0 Å². The Balaban J connectivity index is 1.70. The maximum atomic E-state index is 12.3. The number of carbonyl (C=O) groups excluding carboxylic acids is 1. The molecule has 0 bridgehead atoms. The second-order valence-electron chi connectivity index (χ2n) is 7.51. The first-order valence-corrected chi connectivity index (χ1v) is 8.51. The van der Waals surface area contributed by atoms with Crippen LogP contribution in [0.5, 0.6) is 0 Å². The van der Waals surface area contributed by atoms with Gasteiger partial charge in [0.15, 0.2) is 6.73 Å². The van der Waals surface area contributed by atoms with E-state index in [1.54, 1.807) is 0 Å². The van der Waals surface area contributed by atoms with E-state index in [1.807, 2.05) is 0 Å². The van der Waals surface area contributed by atoms with E-state index in [1.165, 1.54) is 32.1 Å². The average molecular weight is 279 g/mol. The number of hydrogen-bond donors (Lipinski definition) is 1. The summed E-state index contributed by atoms with van der Waals surface area (Å²) in [5.41, 5.74) is 0. The Morgan fingerprint density at radius 1 is 1.15 bits per heavy atom. The second kappa shape index (κ2) is 4.70. The van der Waals surface area contributed by atoms with Crippen LogP contribution in [0.3, 0.4) is 0 Å². The predicted octanol–water partition coefficient (Wildman–Crippen LogP) is 1.34. The normalized spacial score (nSPS) is 47.6. The Hall–Kier alpha value is -0.610. The predicted molar refractivity (Wildman–Crippen MR) is 75.7 cm³/mol. The lowest BCUT2D eigenvalue weighted by Crippen LogP contribution is -2.73. The van der Waals surface area contributed by atoms with Gasteiger partial charge in [0, 0.05) is 30.8 Å². The molecule has 1 N–H and O–H groups in total. The lowest BCUT2D eigenvalue weighted by Gasteiger charge is -2.61. The van der Waals surface area contributed by atoms with Crippen molar-refractivity contribution in [2.24, 2.45) is 11.8 Å². The summed E-state index contributed by atoms with van der Waals surface area (Å²) in [5, 5.41) is 10.1. The fourth-order valence-electron chi connectivity index (χ4n) is 6.00. The SMILES string of the molecule is O=C1CCC[C@H]2[C@@H]3CCC[N+]4(CO)CCC[C@H](CN12)[C@H]34. The highest BCUT2D eigenvalue weighted by Crippen LogP contribution is 2.47. The smallest absolute Gasteiger partial charge is 0.222 e. The maximum Gasteiger partial charge on any atom is 0.222 e. The molecule has 0 aromatic rings. The van der Waals surface area contributed by atoms with Gasteiger partial charge in [-0.1, -0.05) is 0 Å². The van der Waals surface area contributed by atoms with Crippen LogP contribution in [-0.4, -0.2) is 58.8 Å². The van der Waals surface area contributed by atoms with Crippen molar-refractivity contribution in [3.63, 3.8) is 0 Å². The van der Waals surface area contributed by atoms with E-state index in [9.17, 15) is 9.90 Å². The number of aliphatic hydroxyl groups excluding tert-OH is 1. The van der Waals surface area contributed by atoms with E-state index >= 15 is 0 Å². The van der Waals surface area contributed by atoms with Crippen molar-refractivity contribution in [2.45, 2.75) is 57.0 Å². The van der Waals surface area contributed by atoms with Crippen molar-refractivity contribution >= 4 is 5.91 Å². The van der Waals surface area contributed by atoms with Crippen molar-refractivity contribution in [2.75, 3.05) is 26.4 Å². The summed E-state index contributed by atoms with van der Waals surface area (Å²) < 4.78 is 0.952. The highest BCUT2D eigenvalue weighted by atomic mass is 16.3. The standard InChI is InChI=1S/C16H27N2O2/c19-11-18-8-2-4-12-10-17-14(6-1-7-15(17)20)13(16(12)18)5-3-9-18/h12-14,16,19H,1-11H2/q+1/t12-,13+,14+,16-,18?/m1/s1. The van der Waals surface area contributed by atoms with Crippen LogP contribution < -0.4 is 0 Å². The molecular formula is C16H27N2O2+. The fourth-order valence-corrected chi connectivity index (χ4v) is 6.00. The third-order valence-corrected chi connectivity index (χ3v) is 6.69. The molecule has 112 valence electrons. The summed E-state index contributed by atoms with van der Waals surface area (Å²) in [6.45, 7) is 3.62. The van der Waals surface area contributed by atoms with Crippen molar-refractivity contribution in [1.29, 1.82) is 0 Å². The number of fused-ring (bicyclic) bond motifs is 2. The molecule has 4 saturated heterocycles. The zero-order valence-electron chi connectivity index (χ0n) is 12.3. The van der Waals surface area contributed by atoms with Crippen LogP contribution in [0.1, 0.15) is 44.9 Å². The van der Waals surface area contributed by atoms with E-state index in [0.717, 1.165) is 37.0 Å². The Morgan fingerprint density at radius 2 is 1.95 bits per heavy atom. The van der Waals surface area contributed by atoms with Crippen LogP contribution in [-0.2, 0) is 4.79 Å². The first kappa shape index (κ1) is 13.1. The monoisotopic (exact) mass is 279 g/mol. The van der Waals surface area contributed by atoms with Crippen LogP contribution in [0.15, 0.2) is 0 Å². The van der Waals surface area contributed by atoms with Crippen LogP contribution in [0, 0.1) is 11.8 Å². The summed E-state index contributed by atoms with van der Waals surface area (Å²) in [4.78, 5) is 14.5. The van der Waals surface area contributed by atoms with Crippen molar-refractivity contribution in [1.82, 2.24) is 4.90 Å². The van der Waals surface area contributed by atoms with Crippen LogP contribution in [0.25, 0.3) is 0 Å². The highest BCUT2D eigenvalue weighted by Gasteiger charge is 2.57. The minimum absolute atomic E-state index is 0.318. The molecule has 0 spiro atoms. The minimum Gasteiger partial charge on any atom is -0.347 e. The van der Waals surface area contributed by atoms with Gasteiger partial charge in [-0.3, -0.25) is 9.28 Å². The van der Waals surface area contributed by atoms with Gasteiger partial charge in [-0.2, -0.15) is 0 Å². The molecule has 4 fully saturated rings. The molecule has 4 rings (SSSR count). The molecule has 0 aliphatic carbocycles. The Morgan fingerprint density at radius 3 is 2.75 bits per heavy atom. The van der Waals surface area contributed by atoms with E-state index in [4.69, 9.17) is 0 Å². The molecule has 4 nitrogen and oxygen atoms in total. The number of quaternary nitrogens is 1. The molecule has 0 radical (unpaired) electrons. The van der Waals surface area contributed by atoms with Gasteiger partial charge < -0.3 is 10.0 Å². The number of aliphatic hydroxyl groups is 1. The minimum atomic E-state index is 0.318.